The highest BCUT2D eigenvalue weighted by atomic mass is 32.1. The first-order valence-corrected chi connectivity index (χ1v) is 6.89. The molecule has 1 rings (SSSR count). The number of urea groups is 1. The molecule has 0 saturated carbocycles. The largest absolute Gasteiger partial charge is 0.479 e. The molecule has 0 fully saturated rings. The molecule has 0 aliphatic rings. The summed E-state index contributed by atoms with van der Waals surface area (Å²) < 4.78 is 0. The van der Waals surface area contributed by atoms with Crippen LogP contribution in [0.2, 0.25) is 0 Å². The Bertz CT molecular complexity index is 513. The zero-order chi connectivity index (χ0) is 15.5. The summed E-state index contributed by atoms with van der Waals surface area (Å²) in [6, 6.07) is -0.777. The Morgan fingerprint density at radius 2 is 2.05 bits per heavy atom. The number of aliphatic carboxylic acids is 1. The van der Waals surface area contributed by atoms with E-state index in [1.807, 2.05) is 20.8 Å². The van der Waals surface area contributed by atoms with Gasteiger partial charge in [-0.3, -0.25) is 0 Å². The van der Waals surface area contributed by atoms with Crippen molar-refractivity contribution in [2.75, 3.05) is 6.54 Å². The molecule has 0 aliphatic carbocycles. The summed E-state index contributed by atoms with van der Waals surface area (Å²) in [7, 11) is 0. The summed E-state index contributed by atoms with van der Waals surface area (Å²) in [4.78, 5) is 27.6. The molecule has 0 aliphatic heterocycles. The number of carbonyl (C=O) groups is 2. The van der Waals surface area contributed by atoms with Gasteiger partial charge < -0.3 is 20.8 Å². The molecular weight excluding hydrogens is 282 g/mol. The van der Waals surface area contributed by atoms with Crippen molar-refractivity contribution in [3.05, 3.63) is 15.6 Å². The topological polar surface area (TPSA) is 112 Å². The van der Waals surface area contributed by atoms with Gasteiger partial charge in [-0.05, 0) is 27.7 Å². The van der Waals surface area contributed by atoms with E-state index in [0.29, 0.717) is 0 Å². The molecule has 7 nitrogen and oxygen atoms in total. The van der Waals surface area contributed by atoms with Crippen LogP contribution in [0, 0.1) is 13.8 Å². The lowest BCUT2D eigenvalue weighted by atomic mass is 10.1. The zero-order valence-electron chi connectivity index (χ0n) is 11.9. The Kier molecular flexibility index (Phi) is 5.07. The standard InChI is InChI=1S/C12H19N3O4S/c1-6-9(20-8(3)14-6)7(2)15-11(18)13-5-12(4,19)10(16)17/h7,19H,5H2,1-4H3,(H,16,17)(H2,13,15,18). The van der Waals surface area contributed by atoms with Crippen LogP contribution >= 0.6 is 11.3 Å². The number of aliphatic hydroxyl groups is 1. The van der Waals surface area contributed by atoms with Crippen LogP contribution in [0.15, 0.2) is 0 Å². The van der Waals surface area contributed by atoms with Gasteiger partial charge in [0.2, 0.25) is 0 Å². The molecule has 1 aromatic rings. The maximum absolute atomic E-state index is 11.7. The predicted octanol–water partition coefficient (Wildman–Crippen LogP) is 0.956. The van der Waals surface area contributed by atoms with E-state index in [0.717, 1.165) is 22.5 Å². The third kappa shape index (κ3) is 4.17. The van der Waals surface area contributed by atoms with E-state index in [4.69, 9.17) is 5.11 Å². The van der Waals surface area contributed by atoms with Crippen LogP contribution in [-0.2, 0) is 4.79 Å². The van der Waals surface area contributed by atoms with E-state index < -0.39 is 17.6 Å². The predicted molar refractivity (Wildman–Crippen MR) is 74.8 cm³/mol. The molecule has 0 radical (unpaired) electrons. The number of amides is 2. The third-order valence-corrected chi connectivity index (χ3v) is 3.99. The average molecular weight is 301 g/mol. The molecule has 8 heteroatoms. The van der Waals surface area contributed by atoms with Gasteiger partial charge in [-0.15, -0.1) is 11.3 Å². The molecule has 2 unspecified atom stereocenters. The number of aryl methyl sites for hydroxylation is 2. The van der Waals surface area contributed by atoms with E-state index in [-0.39, 0.29) is 12.6 Å². The van der Waals surface area contributed by atoms with Crippen molar-refractivity contribution in [3.63, 3.8) is 0 Å². The average Bonchev–Trinajstić information content (AvgIpc) is 2.66. The molecule has 0 spiro atoms. The number of nitrogens with one attached hydrogen (secondary N) is 2. The fourth-order valence-electron chi connectivity index (χ4n) is 1.59. The number of rotatable bonds is 5. The first-order chi connectivity index (χ1) is 9.13. The second-order valence-electron chi connectivity index (χ2n) is 4.81. The molecule has 20 heavy (non-hydrogen) atoms. The lowest BCUT2D eigenvalue weighted by Gasteiger charge is -2.20. The van der Waals surface area contributed by atoms with Crippen molar-refractivity contribution < 1.29 is 19.8 Å². The minimum absolute atomic E-state index is 0.240. The van der Waals surface area contributed by atoms with Gasteiger partial charge in [-0.1, -0.05) is 0 Å². The number of carboxylic acid groups (broad SMARTS) is 1. The second-order valence-corrected chi connectivity index (χ2v) is 6.05. The van der Waals surface area contributed by atoms with Gasteiger partial charge in [-0.25, -0.2) is 14.6 Å². The van der Waals surface area contributed by atoms with E-state index in [1.165, 1.54) is 11.3 Å². The van der Waals surface area contributed by atoms with Crippen molar-refractivity contribution in [2.24, 2.45) is 0 Å². The summed E-state index contributed by atoms with van der Waals surface area (Å²) in [5, 5.41) is 24.1. The van der Waals surface area contributed by atoms with Crippen molar-refractivity contribution in [1.29, 1.82) is 0 Å². The van der Waals surface area contributed by atoms with Crippen LogP contribution < -0.4 is 10.6 Å². The van der Waals surface area contributed by atoms with Gasteiger partial charge in [0.05, 0.1) is 23.3 Å². The molecule has 4 N–H and O–H groups in total. The zero-order valence-corrected chi connectivity index (χ0v) is 12.7. The van der Waals surface area contributed by atoms with Crippen molar-refractivity contribution >= 4 is 23.3 Å². The Morgan fingerprint density at radius 3 is 2.50 bits per heavy atom. The highest BCUT2D eigenvalue weighted by Gasteiger charge is 2.30. The molecule has 2 amide bonds. The SMILES string of the molecule is Cc1nc(C)c(C(C)NC(=O)NCC(C)(O)C(=O)O)s1. The van der Waals surface area contributed by atoms with Crippen LogP contribution in [0.1, 0.15) is 35.5 Å². The highest BCUT2D eigenvalue weighted by Crippen LogP contribution is 2.24. The van der Waals surface area contributed by atoms with Gasteiger partial charge >= 0.3 is 12.0 Å². The van der Waals surface area contributed by atoms with Gasteiger partial charge in [0, 0.05) is 4.88 Å². The summed E-state index contributed by atoms with van der Waals surface area (Å²) in [6.07, 6.45) is 0. The Morgan fingerprint density at radius 1 is 1.45 bits per heavy atom. The number of carbonyl (C=O) groups excluding carboxylic acids is 1. The summed E-state index contributed by atoms with van der Waals surface area (Å²) >= 11 is 1.50. The maximum Gasteiger partial charge on any atom is 0.337 e. The first kappa shape index (κ1) is 16.4. The van der Waals surface area contributed by atoms with Crippen LogP contribution in [0.25, 0.3) is 0 Å². The van der Waals surface area contributed by atoms with Gasteiger partial charge in [-0.2, -0.15) is 0 Å². The van der Waals surface area contributed by atoms with Crippen molar-refractivity contribution in [2.45, 2.75) is 39.3 Å². The summed E-state index contributed by atoms with van der Waals surface area (Å²) in [6.45, 7) is 6.31. The van der Waals surface area contributed by atoms with Gasteiger partial charge in [0.25, 0.3) is 0 Å². The minimum Gasteiger partial charge on any atom is -0.479 e. The fourth-order valence-corrected chi connectivity index (χ4v) is 2.52. The minimum atomic E-state index is -1.99. The van der Waals surface area contributed by atoms with E-state index >= 15 is 0 Å². The normalized spacial score (nSPS) is 15.2. The smallest absolute Gasteiger partial charge is 0.337 e. The summed E-state index contributed by atoms with van der Waals surface area (Å²) in [5.41, 5.74) is -1.13. The molecule has 1 heterocycles. The molecule has 112 valence electrons. The molecule has 0 bridgehead atoms. The number of hydrogen-bond donors (Lipinski definition) is 4. The number of hydrogen-bond acceptors (Lipinski definition) is 5. The quantitative estimate of drug-likeness (QED) is 0.647. The lowest BCUT2D eigenvalue weighted by Crippen LogP contribution is -2.49. The van der Waals surface area contributed by atoms with Crippen LogP contribution in [0.5, 0.6) is 0 Å². The molecule has 2 atom stereocenters. The van der Waals surface area contributed by atoms with Crippen molar-refractivity contribution in [3.8, 4) is 0 Å². The third-order valence-electron chi connectivity index (χ3n) is 2.73. The Balaban J connectivity index is 2.55. The number of thiazole rings is 1. The first-order valence-electron chi connectivity index (χ1n) is 6.07. The lowest BCUT2D eigenvalue weighted by molar-refractivity contribution is -0.155. The molecular formula is C12H19N3O4S. The van der Waals surface area contributed by atoms with E-state index in [1.54, 1.807) is 0 Å². The number of nitrogens with zero attached hydrogens (tertiary/aromatic N) is 1. The van der Waals surface area contributed by atoms with Crippen molar-refractivity contribution in [1.82, 2.24) is 15.6 Å². The van der Waals surface area contributed by atoms with Crippen LogP contribution in [0.4, 0.5) is 4.79 Å². The summed E-state index contributed by atoms with van der Waals surface area (Å²) in [5.74, 6) is -1.39. The molecule has 0 saturated heterocycles. The van der Waals surface area contributed by atoms with Gasteiger partial charge in [0.15, 0.2) is 5.60 Å². The van der Waals surface area contributed by atoms with Gasteiger partial charge in [0.1, 0.15) is 0 Å². The van der Waals surface area contributed by atoms with Crippen LogP contribution in [-0.4, -0.2) is 39.3 Å². The molecule has 0 aromatic carbocycles. The molecule has 1 aromatic heterocycles. The Labute approximate surface area is 121 Å². The van der Waals surface area contributed by atoms with E-state index in [2.05, 4.69) is 15.6 Å². The second kappa shape index (κ2) is 6.19. The fraction of sp³-hybridized carbons (Fsp3) is 0.583. The Hall–Kier alpha value is -1.67. The number of aromatic nitrogens is 1. The highest BCUT2D eigenvalue weighted by molar-refractivity contribution is 7.11. The number of carboxylic acids is 1. The van der Waals surface area contributed by atoms with Crippen LogP contribution in [0.3, 0.4) is 0 Å². The monoisotopic (exact) mass is 301 g/mol. The van der Waals surface area contributed by atoms with E-state index in [9.17, 15) is 14.7 Å². The maximum atomic E-state index is 11.7.